The molecule has 1 aliphatic rings. The van der Waals surface area contributed by atoms with Crippen molar-refractivity contribution in [2.45, 2.75) is 0 Å². The van der Waals surface area contributed by atoms with E-state index in [-0.39, 0.29) is 5.56 Å². The predicted octanol–water partition coefficient (Wildman–Crippen LogP) is -1.35. The van der Waals surface area contributed by atoms with Crippen molar-refractivity contribution in [2.75, 3.05) is 0 Å². The molecule has 0 fully saturated rings. The summed E-state index contributed by atoms with van der Waals surface area (Å²) in [6.07, 6.45) is 1.57. The minimum Gasteiger partial charge on any atom is -0.328 e. The molecule has 62 valence electrons. The Morgan fingerprint density at radius 1 is 1.42 bits per heavy atom. The summed E-state index contributed by atoms with van der Waals surface area (Å²) < 4.78 is 0. The first kappa shape index (κ1) is 6.86. The third-order valence-electron chi connectivity index (χ3n) is 1.48. The Morgan fingerprint density at radius 3 is 3.00 bits per heavy atom. The van der Waals surface area contributed by atoms with Crippen molar-refractivity contribution in [3.63, 3.8) is 0 Å². The second-order valence-corrected chi connectivity index (χ2v) is 2.24. The van der Waals surface area contributed by atoms with Crippen molar-refractivity contribution in [3.8, 4) is 0 Å². The normalized spacial score (nSPS) is 14.8. The van der Waals surface area contributed by atoms with E-state index < -0.39 is 0 Å². The molecule has 6 nitrogen and oxygen atoms in total. The van der Waals surface area contributed by atoms with E-state index in [0.29, 0.717) is 11.4 Å². The number of hydrazone groups is 1. The summed E-state index contributed by atoms with van der Waals surface area (Å²) in [5.41, 5.74) is 8.02. The molecule has 0 spiro atoms. The highest BCUT2D eigenvalue weighted by atomic mass is 16.1. The van der Waals surface area contributed by atoms with Crippen molar-refractivity contribution in [1.82, 2.24) is 21.5 Å². The lowest BCUT2D eigenvalue weighted by Crippen LogP contribution is -2.37. The van der Waals surface area contributed by atoms with E-state index in [0.717, 1.165) is 0 Å². The maximum Gasteiger partial charge on any atom is 0.259 e. The van der Waals surface area contributed by atoms with Gasteiger partial charge in [0.05, 0.1) is 5.56 Å². The largest absolute Gasteiger partial charge is 0.328 e. The van der Waals surface area contributed by atoms with E-state index >= 15 is 0 Å². The Labute approximate surface area is 67.6 Å². The predicted molar refractivity (Wildman–Crippen MR) is 43.0 cm³/mol. The Bertz CT molecular complexity index is 368. The molecule has 6 heteroatoms. The number of nitrogens with zero attached hydrogens (tertiary/aromatic N) is 1. The molecule has 0 saturated carbocycles. The fraction of sp³-hybridized carbons (Fsp3) is 0. The average Bonchev–Trinajstić information content (AvgIpc) is 2.57. The van der Waals surface area contributed by atoms with Crippen molar-refractivity contribution >= 4 is 5.84 Å². The van der Waals surface area contributed by atoms with Gasteiger partial charge in [-0.05, 0) is 12.1 Å². The molecular weight excluding hydrogens is 158 g/mol. The number of H-pyrrole nitrogens is 1. The van der Waals surface area contributed by atoms with Crippen molar-refractivity contribution in [2.24, 2.45) is 5.10 Å². The fourth-order valence-corrected chi connectivity index (χ4v) is 0.935. The Balaban J connectivity index is 2.46. The first-order valence-electron chi connectivity index (χ1n) is 3.40. The number of hydrazine groups is 2. The lowest BCUT2D eigenvalue weighted by Gasteiger charge is -1.96. The first-order chi connectivity index (χ1) is 5.88. The maximum atomic E-state index is 11.2. The second-order valence-electron chi connectivity index (χ2n) is 2.24. The SMILES string of the molecule is O=c1[nH]cccc1C1=NNNN1. The Morgan fingerprint density at radius 2 is 2.33 bits per heavy atom. The quantitative estimate of drug-likeness (QED) is 0.414. The summed E-state index contributed by atoms with van der Waals surface area (Å²) in [5.74, 6) is 0.483. The van der Waals surface area contributed by atoms with E-state index in [1.807, 2.05) is 0 Å². The van der Waals surface area contributed by atoms with Gasteiger partial charge in [-0.3, -0.25) is 10.2 Å². The van der Waals surface area contributed by atoms with Gasteiger partial charge in [-0.15, -0.1) is 10.6 Å². The van der Waals surface area contributed by atoms with Crippen LogP contribution in [0.15, 0.2) is 28.2 Å². The highest BCUT2D eigenvalue weighted by Crippen LogP contribution is 1.90. The molecular formula is C6H7N5O. The van der Waals surface area contributed by atoms with Gasteiger partial charge >= 0.3 is 0 Å². The minimum absolute atomic E-state index is 0.172. The van der Waals surface area contributed by atoms with Crippen LogP contribution >= 0.6 is 0 Å². The molecule has 0 aliphatic carbocycles. The van der Waals surface area contributed by atoms with Gasteiger partial charge in [-0.25, -0.2) is 5.53 Å². The van der Waals surface area contributed by atoms with Crippen LogP contribution in [-0.4, -0.2) is 10.8 Å². The zero-order chi connectivity index (χ0) is 8.39. The molecule has 2 heterocycles. The molecule has 0 radical (unpaired) electrons. The number of amidine groups is 1. The van der Waals surface area contributed by atoms with Crippen LogP contribution < -0.4 is 22.1 Å². The van der Waals surface area contributed by atoms with Crippen molar-refractivity contribution < 1.29 is 0 Å². The van der Waals surface area contributed by atoms with Crippen LogP contribution in [0.2, 0.25) is 0 Å². The summed E-state index contributed by atoms with van der Waals surface area (Å²) in [5, 5.41) is 3.79. The molecule has 4 N–H and O–H groups in total. The summed E-state index contributed by atoms with van der Waals surface area (Å²) in [4.78, 5) is 13.7. The third kappa shape index (κ3) is 1.04. The number of aromatic nitrogens is 1. The van der Waals surface area contributed by atoms with E-state index in [2.05, 4.69) is 26.6 Å². The lowest BCUT2D eigenvalue weighted by molar-refractivity contribution is 0.577. The van der Waals surface area contributed by atoms with Gasteiger partial charge in [0.2, 0.25) is 0 Å². The van der Waals surface area contributed by atoms with E-state index in [4.69, 9.17) is 0 Å². The smallest absolute Gasteiger partial charge is 0.259 e. The summed E-state index contributed by atoms with van der Waals surface area (Å²) in [7, 11) is 0. The van der Waals surface area contributed by atoms with Crippen LogP contribution in [0.25, 0.3) is 0 Å². The topological polar surface area (TPSA) is 81.3 Å². The number of rotatable bonds is 1. The standard InChI is InChI=1S/C6H7N5O/c12-6-4(2-1-3-7-6)5-8-10-11-9-5/h1-3,10-11H,(H,7,12)(H,8,9). The number of hydrogen-bond donors (Lipinski definition) is 4. The molecule has 0 unspecified atom stereocenters. The van der Waals surface area contributed by atoms with Gasteiger partial charge < -0.3 is 4.98 Å². The number of pyridine rings is 1. The molecule has 0 aromatic carbocycles. The maximum absolute atomic E-state index is 11.2. The Kier molecular flexibility index (Phi) is 1.52. The van der Waals surface area contributed by atoms with Crippen LogP contribution in [0.3, 0.4) is 0 Å². The monoisotopic (exact) mass is 165 g/mol. The van der Waals surface area contributed by atoms with Gasteiger partial charge in [0.15, 0.2) is 5.84 Å². The lowest BCUT2D eigenvalue weighted by atomic mass is 10.2. The molecule has 0 amide bonds. The molecule has 0 bridgehead atoms. The zero-order valence-electron chi connectivity index (χ0n) is 6.09. The summed E-state index contributed by atoms with van der Waals surface area (Å²) in [6, 6.07) is 3.42. The van der Waals surface area contributed by atoms with E-state index in [9.17, 15) is 4.79 Å². The van der Waals surface area contributed by atoms with E-state index in [1.54, 1.807) is 18.3 Å². The molecule has 1 aliphatic heterocycles. The average molecular weight is 165 g/mol. The van der Waals surface area contributed by atoms with Crippen LogP contribution in [0.1, 0.15) is 5.56 Å². The highest BCUT2D eigenvalue weighted by Gasteiger charge is 2.09. The second kappa shape index (κ2) is 2.67. The molecule has 0 atom stereocenters. The van der Waals surface area contributed by atoms with Crippen LogP contribution in [0.4, 0.5) is 0 Å². The van der Waals surface area contributed by atoms with Crippen LogP contribution in [-0.2, 0) is 0 Å². The van der Waals surface area contributed by atoms with Crippen molar-refractivity contribution in [3.05, 3.63) is 34.2 Å². The van der Waals surface area contributed by atoms with Gasteiger partial charge in [0, 0.05) is 6.20 Å². The van der Waals surface area contributed by atoms with Crippen molar-refractivity contribution in [1.29, 1.82) is 0 Å². The van der Waals surface area contributed by atoms with Gasteiger partial charge in [-0.1, -0.05) is 0 Å². The molecule has 0 saturated heterocycles. The van der Waals surface area contributed by atoms with Gasteiger partial charge in [0.1, 0.15) is 0 Å². The fourth-order valence-electron chi connectivity index (χ4n) is 0.935. The molecule has 12 heavy (non-hydrogen) atoms. The Hall–Kier alpha value is -1.82. The van der Waals surface area contributed by atoms with Gasteiger partial charge in [-0.2, -0.15) is 0 Å². The zero-order valence-corrected chi connectivity index (χ0v) is 6.09. The molecule has 2 rings (SSSR count). The third-order valence-corrected chi connectivity index (χ3v) is 1.48. The van der Waals surface area contributed by atoms with Crippen LogP contribution in [0.5, 0.6) is 0 Å². The summed E-state index contributed by atoms with van der Waals surface area (Å²) >= 11 is 0. The number of nitrogens with one attached hydrogen (secondary N) is 4. The first-order valence-corrected chi connectivity index (χ1v) is 3.40. The number of aromatic amines is 1. The highest BCUT2D eigenvalue weighted by molar-refractivity contribution is 5.98. The van der Waals surface area contributed by atoms with Crippen LogP contribution in [0, 0.1) is 0 Å². The molecule has 1 aromatic rings. The molecule has 1 aromatic heterocycles. The summed E-state index contributed by atoms with van der Waals surface area (Å²) in [6.45, 7) is 0. The van der Waals surface area contributed by atoms with Gasteiger partial charge in [0.25, 0.3) is 5.56 Å². The minimum atomic E-state index is -0.172. The number of hydrogen-bond acceptors (Lipinski definition) is 5. The van der Waals surface area contributed by atoms with E-state index in [1.165, 1.54) is 0 Å².